The molecule has 7 heteroatoms. The zero-order valence-electron chi connectivity index (χ0n) is 21.5. The minimum Gasteiger partial charge on any atom is -0.494 e. The molecule has 0 unspecified atom stereocenters. The van der Waals surface area contributed by atoms with Gasteiger partial charge in [0.15, 0.2) is 0 Å². The fraction of sp³-hybridized carbons (Fsp3) is 0.300. The summed E-state index contributed by atoms with van der Waals surface area (Å²) < 4.78 is 5.69. The lowest BCUT2D eigenvalue weighted by molar-refractivity contribution is -0.115. The van der Waals surface area contributed by atoms with E-state index in [1.54, 1.807) is 6.07 Å². The van der Waals surface area contributed by atoms with Gasteiger partial charge in [-0.2, -0.15) is 0 Å². The van der Waals surface area contributed by atoms with Crippen LogP contribution in [-0.2, 0) is 24.2 Å². The molecule has 0 saturated carbocycles. The predicted octanol–water partition coefficient (Wildman–Crippen LogP) is 5.81. The highest BCUT2D eigenvalue weighted by Gasteiger charge is 2.10. The van der Waals surface area contributed by atoms with Gasteiger partial charge in [0.25, 0.3) is 5.91 Å². The van der Waals surface area contributed by atoms with E-state index in [-0.39, 0.29) is 11.8 Å². The smallest absolute Gasteiger partial charge is 0.251 e. The van der Waals surface area contributed by atoms with Gasteiger partial charge >= 0.3 is 0 Å². The molecule has 0 aliphatic carbocycles. The van der Waals surface area contributed by atoms with E-state index in [1.807, 2.05) is 67.6 Å². The third kappa shape index (κ3) is 7.43. The molecule has 4 rings (SSSR count). The normalized spacial score (nSPS) is 10.9. The number of nitrogens with one attached hydrogen (secondary N) is 3. The van der Waals surface area contributed by atoms with Gasteiger partial charge in [0.05, 0.1) is 17.6 Å². The van der Waals surface area contributed by atoms with Crippen LogP contribution in [0.5, 0.6) is 5.75 Å². The van der Waals surface area contributed by atoms with Gasteiger partial charge < -0.3 is 20.4 Å². The van der Waals surface area contributed by atoms with E-state index < -0.39 is 0 Å². The molecule has 0 saturated heterocycles. The van der Waals surface area contributed by atoms with Crippen LogP contribution >= 0.6 is 0 Å². The number of rotatable bonds is 12. The van der Waals surface area contributed by atoms with Crippen LogP contribution in [0.2, 0.25) is 0 Å². The maximum absolute atomic E-state index is 12.7. The third-order valence-electron chi connectivity index (χ3n) is 6.15. The van der Waals surface area contributed by atoms with Crippen LogP contribution in [0.25, 0.3) is 11.0 Å². The number of ether oxygens (including phenoxy) is 1. The van der Waals surface area contributed by atoms with Crippen molar-refractivity contribution in [3.05, 3.63) is 89.2 Å². The highest BCUT2D eigenvalue weighted by molar-refractivity contribution is 5.97. The number of nitrogens with zero attached hydrogens (tertiary/aromatic N) is 1. The molecule has 3 aromatic carbocycles. The van der Waals surface area contributed by atoms with E-state index in [1.165, 1.54) is 0 Å². The molecule has 2 amide bonds. The Bertz CT molecular complexity index is 1330. The van der Waals surface area contributed by atoms with Gasteiger partial charge in [-0.25, -0.2) is 4.98 Å². The van der Waals surface area contributed by atoms with Crippen LogP contribution in [-0.4, -0.2) is 28.4 Å². The highest BCUT2D eigenvalue weighted by atomic mass is 16.5. The van der Waals surface area contributed by atoms with E-state index in [0.29, 0.717) is 18.5 Å². The van der Waals surface area contributed by atoms with Crippen molar-refractivity contribution in [3.63, 3.8) is 0 Å². The van der Waals surface area contributed by atoms with E-state index >= 15 is 0 Å². The number of imidazole rings is 1. The first kappa shape index (κ1) is 25.9. The van der Waals surface area contributed by atoms with Crippen LogP contribution in [0, 0.1) is 0 Å². The van der Waals surface area contributed by atoms with Crippen molar-refractivity contribution in [2.75, 3.05) is 11.9 Å². The number of benzene rings is 3. The molecule has 0 bridgehead atoms. The average molecular weight is 499 g/mol. The van der Waals surface area contributed by atoms with Gasteiger partial charge in [-0.15, -0.1) is 0 Å². The number of H-pyrrole nitrogens is 1. The van der Waals surface area contributed by atoms with Gasteiger partial charge in [0.1, 0.15) is 11.6 Å². The number of anilines is 1. The maximum atomic E-state index is 12.7. The van der Waals surface area contributed by atoms with E-state index in [4.69, 9.17) is 4.74 Å². The molecule has 0 aliphatic heterocycles. The van der Waals surface area contributed by atoms with Gasteiger partial charge in [0.2, 0.25) is 5.91 Å². The van der Waals surface area contributed by atoms with Crippen molar-refractivity contribution >= 4 is 28.5 Å². The maximum Gasteiger partial charge on any atom is 0.251 e. The van der Waals surface area contributed by atoms with E-state index in [0.717, 1.165) is 71.7 Å². The van der Waals surface area contributed by atoms with Crippen molar-refractivity contribution in [1.29, 1.82) is 0 Å². The molecule has 1 heterocycles. The second kappa shape index (κ2) is 12.7. The molecule has 37 heavy (non-hydrogen) atoms. The molecular weight excluding hydrogens is 464 g/mol. The SMILES string of the molecule is CCCCOc1ccc(CNC(=O)c2ccc3nc(CCc4ccc(NC(=O)CC)cc4)[nH]c3c2)cc1. The quantitative estimate of drug-likeness (QED) is 0.215. The number of carbonyl (C=O) groups is 2. The second-order valence-corrected chi connectivity index (χ2v) is 9.04. The minimum atomic E-state index is -0.128. The first-order valence-corrected chi connectivity index (χ1v) is 12.9. The Balaban J connectivity index is 1.30. The zero-order chi connectivity index (χ0) is 26.0. The van der Waals surface area contributed by atoms with Crippen molar-refractivity contribution in [1.82, 2.24) is 15.3 Å². The number of hydrogen-bond acceptors (Lipinski definition) is 4. The third-order valence-corrected chi connectivity index (χ3v) is 6.15. The average Bonchev–Trinajstić information content (AvgIpc) is 3.34. The number of aromatic nitrogens is 2. The van der Waals surface area contributed by atoms with E-state index in [9.17, 15) is 9.59 Å². The van der Waals surface area contributed by atoms with Crippen molar-refractivity contribution in [2.24, 2.45) is 0 Å². The van der Waals surface area contributed by atoms with Crippen molar-refractivity contribution in [2.45, 2.75) is 52.5 Å². The molecule has 3 N–H and O–H groups in total. The Hall–Kier alpha value is -4.13. The molecule has 0 spiro atoms. The lowest BCUT2D eigenvalue weighted by Gasteiger charge is -2.08. The summed E-state index contributed by atoms with van der Waals surface area (Å²) >= 11 is 0. The topological polar surface area (TPSA) is 96.1 Å². The number of aryl methyl sites for hydroxylation is 2. The van der Waals surface area contributed by atoms with Gasteiger partial charge in [-0.05, 0) is 66.4 Å². The number of fused-ring (bicyclic) bond motifs is 1. The van der Waals surface area contributed by atoms with Gasteiger partial charge in [-0.1, -0.05) is 44.5 Å². The Labute approximate surface area is 217 Å². The number of aromatic amines is 1. The molecular formula is C30H34N4O3. The largest absolute Gasteiger partial charge is 0.494 e. The van der Waals surface area contributed by atoms with Crippen LogP contribution in [0.3, 0.4) is 0 Å². The number of unbranched alkanes of at least 4 members (excludes halogenated alkanes) is 1. The van der Waals surface area contributed by atoms with Crippen LogP contribution in [0.4, 0.5) is 5.69 Å². The number of amides is 2. The first-order chi connectivity index (χ1) is 18.0. The summed E-state index contributed by atoms with van der Waals surface area (Å²) in [5.74, 6) is 1.60. The summed E-state index contributed by atoms with van der Waals surface area (Å²) in [5, 5.41) is 5.84. The second-order valence-electron chi connectivity index (χ2n) is 9.04. The molecule has 0 aliphatic rings. The standard InChI is InChI=1S/C30H34N4O3/c1-3-5-18-37-25-14-8-22(9-15-25)20-31-30(36)23-11-16-26-27(19-23)34-28(33-26)17-10-21-6-12-24(13-7-21)32-29(35)4-2/h6-9,11-16,19H,3-5,10,17-18,20H2,1-2H3,(H,31,36)(H,32,35)(H,33,34). The number of hydrogen-bond donors (Lipinski definition) is 3. The molecule has 0 radical (unpaired) electrons. The summed E-state index contributed by atoms with van der Waals surface area (Å²) in [6, 6.07) is 21.2. The summed E-state index contributed by atoms with van der Waals surface area (Å²) in [5.41, 5.74) is 5.25. The Kier molecular flexibility index (Phi) is 8.92. The number of carbonyl (C=O) groups excluding carboxylic acids is 2. The predicted molar refractivity (Wildman–Crippen MR) is 147 cm³/mol. The Morgan fingerprint density at radius 2 is 1.68 bits per heavy atom. The highest BCUT2D eigenvalue weighted by Crippen LogP contribution is 2.17. The molecule has 4 aromatic rings. The minimum absolute atomic E-state index is 0.00463. The molecule has 7 nitrogen and oxygen atoms in total. The first-order valence-electron chi connectivity index (χ1n) is 12.9. The van der Waals surface area contributed by atoms with Crippen molar-refractivity contribution < 1.29 is 14.3 Å². The summed E-state index contributed by atoms with van der Waals surface area (Å²) in [6.45, 7) is 5.13. The van der Waals surface area contributed by atoms with Gasteiger partial charge in [-0.3, -0.25) is 9.59 Å². The fourth-order valence-electron chi connectivity index (χ4n) is 3.91. The Morgan fingerprint density at radius 3 is 2.41 bits per heavy atom. The molecule has 0 fully saturated rings. The Morgan fingerprint density at radius 1 is 0.919 bits per heavy atom. The fourth-order valence-corrected chi connectivity index (χ4v) is 3.91. The monoisotopic (exact) mass is 498 g/mol. The van der Waals surface area contributed by atoms with Crippen LogP contribution < -0.4 is 15.4 Å². The van der Waals surface area contributed by atoms with Crippen LogP contribution in [0.1, 0.15) is 60.4 Å². The van der Waals surface area contributed by atoms with Crippen LogP contribution in [0.15, 0.2) is 66.7 Å². The zero-order valence-corrected chi connectivity index (χ0v) is 21.5. The summed E-state index contributed by atoms with van der Waals surface area (Å²) in [4.78, 5) is 32.3. The summed E-state index contributed by atoms with van der Waals surface area (Å²) in [6.07, 6.45) is 4.16. The van der Waals surface area contributed by atoms with E-state index in [2.05, 4.69) is 27.5 Å². The lowest BCUT2D eigenvalue weighted by atomic mass is 10.1. The molecule has 192 valence electrons. The van der Waals surface area contributed by atoms with Gasteiger partial charge in [0, 0.05) is 30.6 Å². The molecule has 1 aromatic heterocycles. The molecule has 0 atom stereocenters. The summed E-state index contributed by atoms with van der Waals surface area (Å²) in [7, 11) is 0. The lowest BCUT2D eigenvalue weighted by Crippen LogP contribution is -2.22. The van der Waals surface area contributed by atoms with Crippen molar-refractivity contribution in [3.8, 4) is 5.75 Å².